The van der Waals surface area contributed by atoms with Crippen LogP contribution in [0.25, 0.3) is 39.0 Å². The first kappa shape index (κ1) is 39.6. The predicted octanol–water partition coefficient (Wildman–Crippen LogP) is 16.8. The van der Waals surface area contributed by atoms with Crippen molar-refractivity contribution in [2.75, 3.05) is 15.6 Å². The van der Waals surface area contributed by atoms with Crippen LogP contribution in [0, 0.1) is 0 Å². The molecule has 0 atom stereocenters. The molecule has 0 aromatic heterocycles. The Balaban J connectivity index is 0.941. The van der Waals surface area contributed by atoms with Crippen molar-refractivity contribution in [2.45, 2.75) is 57.3 Å². The second-order valence-electron chi connectivity index (χ2n) is 17.1. The van der Waals surface area contributed by atoms with Gasteiger partial charge in [0, 0.05) is 50.2 Å². The smallest absolute Gasteiger partial charge is 0.0467 e. The van der Waals surface area contributed by atoms with E-state index < -0.39 is 0 Å². The second-order valence-corrected chi connectivity index (χ2v) is 18.2. The van der Waals surface area contributed by atoms with E-state index in [1.807, 2.05) is 11.8 Å². The molecule has 1 heterocycles. The third-order valence-electron chi connectivity index (χ3n) is 13.0. The Morgan fingerprint density at radius 2 is 1.16 bits per heavy atom. The number of rotatable bonds is 10. The standard InChI is InChI=1S/C59H52N2S/c1-5-13-48(6-2)60(50-29-24-42(25-30-50)46-28-35-57-55(39-46)54-18-10-11-19-56(54)59(57,3)4)53-17-12-14-45(38-53)41-22-31-51(32-23-41)61(49-15-8-7-9-16-49)52-33-26-43(27-34-52)47-21-20-44-36-37-62-58(44)40-47/h5-10,12-18,20-35,38-40H,11,19,36-37H2,1-4H3/b13-5-,48-6+. The van der Waals surface area contributed by atoms with Crippen molar-refractivity contribution in [3.8, 4) is 33.4 Å². The molecule has 2 aliphatic carbocycles. The fourth-order valence-electron chi connectivity index (χ4n) is 9.74. The molecule has 0 bridgehead atoms. The molecule has 2 nitrogen and oxygen atoms in total. The van der Waals surface area contributed by atoms with E-state index in [9.17, 15) is 0 Å². The van der Waals surface area contributed by atoms with Gasteiger partial charge in [-0.2, -0.15) is 0 Å². The number of nitrogens with zero attached hydrogens (tertiary/aromatic N) is 2. The lowest BCUT2D eigenvalue weighted by Crippen LogP contribution is -2.17. The molecule has 0 spiro atoms. The maximum atomic E-state index is 2.41. The molecule has 62 heavy (non-hydrogen) atoms. The summed E-state index contributed by atoms with van der Waals surface area (Å²) < 4.78 is 0. The second kappa shape index (κ2) is 16.7. The number of hydrogen-bond donors (Lipinski definition) is 0. The minimum absolute atomic E-state index is 0.0858. The summed E-state index contributed by atoms with van der Waals surface area (Å²) in [7, 11) is 0. The highest BCUT2D eigenvalue weighted by molar-refractivity contribution is 7.99. The molecule has 0 amide bonds. The summed E-state index contributed by atoms with van der Waals surface area (Å²) in [5, 5.41) is 0. The van der Waals surface area contributed by atoms with E-state index in [1.54, 1.807) is 5.57 Å². The molecule has 7 aromatic carbocycles. The maximum absolute atomic E-state index is 2.41. The van der Waals surface area contributed by atoms with Crippen molar-refractivity contribution in [1.82, 2.24) is 0 Å². The molecule has 0 N–H and O–H groups in total. The molecule has 0 radical (unpaired) electrons. The Morgan fingerprint density at radius 1 is 0.565 bits per heavy atom. The van der Waals surface area contributed by atoms with E-state index >= 15 is 0 Å². The molecule has 3 heteroatoms. The summed E-state index contributed by atoms with van der Waals surface area (Å²) in [5.41, 5.74) is 21.5. The van der Waals surface area contributed by atoms with Crippen LogP contribution in [-0.2, 0) is 11.8 Å². The summed E-state index contributed by atoms with van der Waals surface area (Å²) in [4.78, 5) is 6.13. The van der Waals surface area contributed by atoms with Crippen LogP contribution >= 0.6 is 11.8 Å². The molecule has 0 saturated carbocycles. The number of allylic oxidation sites excluding steroid dienone is 7. The molecular formula is C59H52N2S. The summed E-state index contributed by atoms with van der Waals surface area (Å²) in [6.07, 6.45) is 14.6. The fraction of sp³-hybridized carbons (Fsp3) is 0.153. The van der Waals surface area contributed by atoms with Crippen molar-refractivity contribution >= 4 is 45.8 Å². The molecule has 0 saturated heterocycles. The van der Waals surface area contributed by atoms with Crippen LogP contribution in [-0.4, -0.2) is 5.75 Å². The maximum Gasteiger partial charge on any atom is 0.0467 e. The van der Waals surface area contributed by atoms with Crippen LogP contribution < -0.4 is 9.80 Å². The minimum atomic E-state index is 0.0858. The third-order valence-corrected chi connectivity index (χ3v) is 14.1. The summed E-state index contributed by atoms with van der Waals surface area (Å²) in [6.45, 7) is 8.98. The quantitative estimate of drug-likeness (QED) is 0.127. The zero-order chi connectivity index (χ0) is 42.2. The van der Waals surface area contributed by atoms with Crippen LogP contribution in [0.2, 0.25) is 0 Å². The number of anilines is 5. The SMILES string of the molecule is C/C=C\C(=C/C)N(c1ccc(-c2ccc3c(c2)C2=C(CCC=C2)C3(C)C)cc1)c1cccc(-c2ccc(N(c3ccccc3)c3ccc(-c4ccc5c(c4)SCC5)cc3)cc2)c1. The zero-order valence-electron chi connectivity index (χ0n) is 36.1. The van der Waals surface area contributed by atoms with E-state index in [0.717, 1.165) is 47.0 Å². The monoisotopic (exact) mass is 820 g/mol. The van der Waals surface area contributed by atoms with Crippen molar-refractivity contribution in [3.05, 3.63) is 222 Å². The Bertz CT molecular complexity index is 2890. The molecule has 0 fully saturated rings. The fourth-order valence-corrected chi connectivity index (χ4v) is 10.8. The molecule has 3 aliphatic rings. The number of fused-ring (bicyclic) bond motifs is 3. The van der Waals surface area contributed by atoms with Gasteiger partial charge in [-0.05, 0) is 168 Å². The van der Waals surface area contributed by atoms with Crippen LogP contribution in [0.3, 0.4) is 0 Å². The van der Waals surface area contributed by atoms with Gasteiger partial charge in [0.1, 0.15) is 0 Å². The normalized spacial score (nSPS) is 15.1. The van der Waals surface area contributed by atoms with Crippen molar-refractivity contribution in [3.63, 3.8) is 0 Å². The first-order valence-electron chi connectivity index (χ1n) is 22.1. The number of thioether (sulfide) groups is 1. The topological polar surface area (TPSA) is 6.48 Å². The number of para-hydroxylation sites is 1. The molecule has 0 unspecified atom stereocenters. The molecular weight excluding hydrogens is 769 g/mol. The average molecular weight is 821 g/mol. The number of hydrogen-bond acceptors (Lipinski definition) is 3. The highest BCUT2D eigenvalue weighted by atomic mass is 32.2. The van der Waals surface area contributed by atoms with E-state index in [-0.39, 0.29) is 5.41 Å². The van der Waals surface area contributed by atoms with E-state index in [2.05, 4.69) is 232 Å². The molecule has 304 valence electrons. The van der Waals surface area contributed by atoms with Crippen LogP contribution in [0.1, 0.15) is 57.2 Å². The van der Waals surface area contributed by atoms with Gasteiger partial charge in [0.15, 0.2) is 0 Å². The summed E-state index contributed by atoms with van der Waals surface area (Å²) in [5.74, 6) is 1.18. The lowest BCUT2D eigenvalue weighted by molar-refractivity contribution is 0.607. The highest BCUT2D eigenvalue weighted by Crippen LogP contribution is 2.51. The van der Waals surface area contributed by atoms with Gasteiger partial charge in [0.2, 0.25) is 0 Å². The van der Waals surface area contributed by atoms with Crippen molar-refractivity contribution in [1.29, 1.82) is 0 Å². The van der Waals surface area contributed by atoms with Crippen LogP contribution in [0.15, 0.2) is 210 Å². The average Bonchev–Trinajstić information content (AvgIpc) is 3.89. The Kier molecular flexibility index (Phi) is 10.7. The van der Waals surface area contributed by atoms with Gasteiger partial charge in [-0.1, -0.05) is 135 Å². The van der Waals surface area contributed by atoms with Gasteiger partial charge >= 0.3 is 0 Å². The highest BCUT2D eigenvalue weighted by Gasteiger charge is 2.37. The largest absolute Gasteiger partial charge is 0.311 e. The summed E-state index contributed by atoms with van der Waals surface area (Å²) >= 11 is 1.97. The first-order valence-corrected chi connectivity index (χ1v) is 23.0. The third kappa shape index (κ3) is 7.35. The van der Waals surface area contributed by atoms with Crippen LogP contribution in [0.4, 0.5) is 28.4 Å². The zero-order valence-corrected chi connectivity index (χ0v) is 36.9. The minimum Gasteiger partial charge on any atom is -0.311 e. The van der Waals surface area contributed by atoms with Crippen molar-refractivity contribution in [2.24, 2.45) is 0 Å². The van der Waals surface area contributed by atoms with Gasteiger partial charge < -0.3 is 9.80 Å². The summed E-state index contributed by atoms with van der Waals surface area (Å²) in [6, 6.07) is 60.7. The van der Waals surface area contributed by atoms with Crippen LogP contribution in [0.5, 0.6) is 0 Å². The molecule has 10 rings (SSSR count). The molecule has 7 aromatic rings. The Morgan fingerprint density at radius 3 is 1.84 bits per heavy atom. The Labute approximate surface area is 372 Å². The van der Waals surface area contributed by atoms with Gasteiger partial charge in [0.05, 0.1) is 0 Å². The lowest BCUT2D eigenvalue weighted by Gasteiger charge is -2.27. The van der Waals surface area contributed by atoms with E-state index in [4.69, 9.17) is 0 Å². The van der Waals surface area contributed by atoms with E-state index in [1.165, 1.54) is 72.7 Å². The van der Waals surface area contributed by atoms with Gasteiger partial charge in [0.25, 0.3) is 0 Å². The lowest BCUT2D eigenvalue weighted by atomic mass is 9.78. The predicted molar refractivity (Wildman–Crippen MR) is 267 cm³/mol. The first-order chi connectivity index (χ1) is 30.4. The van der Waals surface area contributed by atoms with E-state index in [0.29, 0.717) is 0 Å². The van der Waals surface area contributed by atoms with Gasteiger partial charge in [-0.15, -0.1) is 11.8 Å². The number of benzene rings is 7. The number of aryl methyl sites for hydroxylation is 1. The van der Waals surface area contributed by atoms with Gasteiger partial charge in [-0.3, -0.25) is 0 Å². The van der Waals surface area contributed by atoms with Crippen molar-refractivity contribution < 1.29 is 0 Å². The molecule has 1 aliphatic heterocycles. The Hall–Kier alpha value is -6.55. The van der Waals surface area contributed by atoms with Gasteiger partial charge in [-0.25, -0.2) is 0 Å².